The molecule has 0 unspecified atom stereocenters. The van der Waals surface area contributed by atoms with Gasteiger partial charge in [0.15, 0.2) is 0 Å². The van der Waals surface area contributed by atoms with E-state index in [4.69, 9.17) is 16.3 Å². The SMILES string of the molecule is CC(C)(C)OC(=O)N1CCN(C(=O)Cc2ccsc2Cl)CC1. The molecule has 1 aliphatic rings. The fraction of sp³-hybridized carbons (Fsp3) is 0.600. The maximum atomic E-state index is 12.3. The van der Waals surface area contributed by atoms with Crippen molar-refractivity contribution in [3.63, 3.8) is 0 Å². The summed E-state index contributed by atoms with van der Waals surface area (Å²) in [4.78, 5) is 27.7. The maximum Gasteiger partial charge on any atom is 0.410 e. The van der Waals surface area contributed by atoms with Gasteiger partial charge in [-0.25, -0.2) is 4.79 Å². The summed E-state index contributed by atoms with van der Waals surface area (Å²) in [6.45, 7) is 7.58. The Labute approximate surface area is 139 Å². The topological polar surface area (TPSA) is 49.9 Å². The molecule has 1 aromatic rings. The predicted molar refractivity (Wildman–Crippen MR) is 87.4 cm³/mol. The van der Waals surface area contributed by atoms with E-state index in [0.717, 1.165) is 5.56 Å². The van der Waals surface area contributed by atoms with E-state index in [-0.39, 0.29) is 12.0 Å². The summed E-state index contributed by atoms with van der Waals surface area (Å²) < 4.78 is 6.01. The molecule has 0 aromatic carbocycles. The molecule has 22 heavy (non-hydrogen) atoms. The third-order valence-electron chi connectivity index (χ3n) is 3.32. The van der Waals surface area contributed by atoms with Crippen molar-refractivity contribution >= 4 is 34.9 Å². The highest BCUT2D eigenvalue weighted by molar-refractivity contribution is 7.14. The van der Waals surface area contributed by atoms with Crippen LogP contribution in [0.4, 0.5) is 4.79 Å². The van der Waals surface area contributed by atoms with Gasteiger partial charge in [0.1, 0.15) is 5.60 Å². The average Bonchev–Trinajstić information content (AvgIpc) is 2.82. The van der Waals surface area contributed by atoms with E-state index < -0.39 is 5.60 Å². The summed E-state index contributed by atoms with van der Waals surface area (Å²) in [5.74, 6) is 0.0455. The highest BCUT2D eigenvalue weighted by atomic mass is 35.5. The molecule has 7 heteroatoms. The molecule has 2 amide bonds. The molecule has 0 N–H and O–H groups in total. The third kappa shape index (κ3) is 4.61. The van der Waals surface area contributed by atoms with Crippen molar-refractivity contribution in [2.45, 2.75) is 32.8 Å². The van der Waals surface area contributed by atoms with E-state index in [1.807, 2.05) is 32.2 Å². The van der Waals surface area contributed by atoms with Crippen LogP contribution in [0.15, 0.2) is 11.4 Å². The number of carbonyl (C=O) groups is 2. The number of hydrogen-bond acceptors (Lipinski definition) is 4. The minimum Gasteiger partial charge on any atom is -0.444 e. The first-order valence-electron chi connectivity index (χ1n) is 7.24. The van der Waals surface area contributed by atoms with Crippen LogP contribution in [-0.2, 0) is 16.0 Å². The number of amides is 2. The summed E-state index contributed by atoms with van der Waals surface area (Å²) >= 11 is 7.46. The van der Waals surface area contributed by atoms with Crippen molar-refractivity contribution in [2.75, 3.05) is 26.2 Å². The molecule has 0 radical (unpaired) electrons. The van der Waals surface area contributed by atoms with Crippen molar-refractivity contribution in [1.29, 1.82) is 0 Å². The number of piperazine rings is 1. The number of nitrogens with zero attached hydrogens (tertiary/aromatic N) is 2. The molecule has 0 bridgehead atoms. The van der Waals surface area contributed by atoms with Crippen molar-refractivity contribution in [3.8, 4) is 0 Å². The number of ether oxygens (including phenoxy) is 1. The van der Waals surface area contributed by atoms with Gasteiger partial charge >= 0.3 is 6.09 Å². The van der Waals surface area contributed by atoms with Gasteiger partial charge in [0.2, 0.25) is 5.91 Å². The van der Waals surface area contributed by atoms with Crippen LogP contribution in [0.1, 0.15) is 26.3 Å². The second kappa shape index (κ2) is 6.87. The summed E-state index contributed by atoms with van der Waals surface area (Å²) in [6.07, 6.45) is -0.00475. The Morgan fingerprint density at radius 1 is 1.23 bits per heavy atom. The second-order valence-electron chi connectivity index (χ2n) is 6.24. The Bertz CT molecular complexity index is 545. The zero-order valence-corrected chi connectivity index (χ0v) is 14.7. The van der Waals surface area contributed by atoms with Crippen LogP contribution in [0.2, 0.25) is 4.34 Å². The standard InChI is InChI=1S/C15H21ClN2O3S/c1-15(2,3)21-14(20)18-7-5-17(6-8-18)12(19)10-11-4-9-22-13(11)16/h4,9H,5-8,10H2,1-3H3. The summed E-state index contributed by atoms with van der Waals surface area (Å²) in [6, 6.07) is 1.88. The summed E-state index contributed by atoms with van der Waals surface area (Å²) in [5, 5.41) is 1.88. The fourth-order valence-electron chi connectivity index (χ4n) is 2.19. The molecule has 2 heterocycles. The number of hydrogen-bond donors (Lipinski definition) is 0. The van der Waals surface area contributed by atoms with Gasteiger partial charge in [0, 0.05) is 26.2 Å². The van der Waals surface area contributed by atoms with Crippen LogP contribution < -0.4 is 0 Å². The molecular weight excluding hydrogens is 324 g/mol. The fourth-order valence-corrected chi connectivity index (χ4v) is 3.11. The first kappa shape index (κ1) is 17.1. The first-order valence-corrected chi connectivity index (χ1v) is 8.49. The molecular formula is C15H21ClN2O3S. The van der Waals surface area contributed by atoms with E-state index in [1.54, 1.807) is 9.80 Å². The van der Waals surface area contributed by atoms with E-state index in [1.165, 1.54) is 11.3 Å². The van der Waals surface area contributed by atoms with Gasteiger partial charge in [-0.3, -0.25) is 4.79 Å². The molecule has 1 aliphatic heterocycles. The van der Waals surface area contributed by atoms with Gasteiger partial charge in [0.05, 0.1) is 10.8 Å². The lowest BCUT2D eigenvalue weighted by molar-refractivity contribution is -0.132. The van der Waals surface area contributed by atoms with E-state index in [9.17, 15) is 9.59 Å². The van der Waals surface area contributed by atoms with Crippen LogP contribution >= 0.6 is 22.9 Å². The minimum absolute atomic E-state index is 0.0455. The number of halogens is 1. The zero-order chi connectivity index (χ0) is 16.3. The number of rotatable bonds is 2. The summed E-state index contributed by atoms with van der Waals surface area (Å²) in [5.41, 5.74) is 0.367. The monoisotopic (exact) mass is 344 g/mol. The van der Waals surface area contributed by atoms with E-state index in [0.29, 0.717) is 36.9 Å². The Kier molecular flexibility index (Phi) is 5.34. The molecule has 0 atom stereocenters. The van der Waals surface area contributed by atoms with Gasteiger partial charge in [0.25, 0.3) is 0 Å². The minimum atomic E-state index is -0.500. The summed E-state index contributed by atoms with van der Waals surface area (Å²) in [7, 11) is 0. The van der Waals surface area contributed by atoms with Gasteiger partial charge in [-0.15, -0.1) is 11.3 Å². The van der Waals surface area contributed by atoms with Crippen LogP contribution in [-0.4, -0.2) is 53.6 Å². The lowest BCUT2D eigenvalue weighted by Gasteiger charge is -2.35. The highest BCUT2D eigenvalue weighted by Gasteiger charge is 2.27. The molecule has 1 aromatic heterocycles. The molecule has 0 saturated carbocycles. The van der Waals surface area contributed by atoms with Crippen molar-refractivity contribution in [1.82, 2.24) is 9.80 Å². The molecule has 0 spiro atoms. The molecule has 2 rings (SSSR count). The number of carbonyl (C=O) groups excluding carboxylic acids is 2. The highest BCUT2D eigenvalue weighted by Crippen LogP contribution is 2.23. The molecule has 1 saturated heterocycles. The van der Waals surface area contributed by atoms with Gasteiger partial charge in [-0.05, 0) is 37.8 Å². The largest absolute Gasteiger partial charge is 0.444 e. The quantitative estimate of drug-likeness (QED) is 0.828. The second-order valence-corrected chi connectivity index (χ2v) is 7.76. The predicted octanol–water partition coefficient (Wildman–Crippen LogP) is 3.02. The Morgan fingerprint density at radius 2 is 1.82 bits per heavy atom. The lowest BCUT2D eigenvalue weighted by atomic mass is 10.2. The smallest absolute Gasteiger partial charge is 0.410 e. The van der Waals surface area contributed by atoms with Crippen molar-refractivity contribution < 1.29 is 14.3 Å². The van der Waals surface area contributed by atoms with Crippen LogP contribution in [0.25, 0.3) is 0 Å². The number of thiophene rings is 1. The molecule has 5 nitrogen and oxygen atoms in total. The Morgan fingerprint density at radius 3 is 2.32 bits per heavy atom. The van der Waals surface area contributed by atoms with Crippen LogP contribution in [0, 0.1) is 0 Å². The van der Waals surface area contributed by atoms with E-state index in [2.05, 4.69) is 0 Å². The molecule has 122 valence electrons. The Balaban J connectivity index is 1.83. The zero-order valence-electron chi connectivity index (χ0n) is 13.1. The average molecular weight is 345 g/mol. The Hall–Kier alpha value is -1.27. The molecule has 1 fully saturated rings. The van der Waals surface area contributed by atoms with Gasteiger partial charge in [-0.1, -0.05) is 11.6 Å². The van der Waals surface area contributed by atoms with E-state index >= 15 is 0 Å². The van der Waals surface area contributed by atoms with Crippen LogP contribution in [0.3, 0.4) is 0 Å². The van der Waals surface area contributed by atoms with Gasteiger partial charge in [-0.2, -0.15) is 0 Å². The van der Waals surface area contributed by atoms with Crippen molar-refractivity contribution in [2.24, 2.45) is 0 Å². The van der Waals surface area contributed by atoms with Crippen LogP contribution in [0.5, 0.6) is 0 Å². The first-order chi connectivity index (χ1) is 10.3. The lowest BCUT2D eigenvalue weighted by Crippen LogP contribution is -2.51. The normalized spacial score (nSPS) is 15.8. The maximum absolute atomic E-state index is 12.3. The molecule has 0 aliphatic carbocycles. The van der Waals surface area contributed by atoms with Crippen molar-refractivity contribution in [3.05, 3.63) is 21.3 Å². The van der Waals surface area contributed by atoms with Gasteiger partial charge < -0.3 is 14.5 Å². The third-order valence-corrected chi connectivity index (χ3v) is 4.57.